The molecule has 0 saturated heterocycles. The summed E-state index contributed by atoms with van der Waals surface area (Å²) in [6.45, 7) is 0.646. The van der Waals surface area contributed by atoms with Gasteiger partial charge in [-0.05, 0) is 23.2 Å². The average Bonchev–Trinajstić information content (AvgIpc) is 2.53. The summed E-state index contributed by atoms with van der Waals surface area (Å²) in [6.07, 6.45) is 5.11. The number of aromatic nitrogens is 4. The molecule has 0 saturated carbocycles. The van der Waals surface area contributed by atoms with E-state index in [0.717, 1.165) is 5.56 Å². The molecule has 0 radical (unpaired) electrons. The summed E-state index contributed by atoms with van der Waals surface area (Å²) in [6, 6.07) is 3.86. The first-order valence-corrected chi connectivity index (χ1v) is 4.16. The van der Waals surface area contributed by atoms with Gasteiger partial charge in [-0.3, -0.25) is 4.98 Å². The lowest BCUT2D eigenvalue weighted by atomic mass is 10.3. The molecule has 0 N–H and O–H groups in total. The fraction of sp³-hybridized carbons (Fsp3) is 0.125. The summed E-state index contributed by atoms with van der Waals surface area (Å²) < 4.78 is 1.67. The van der Waals surface area contributed by atoms with Gasteiger partial charge < -0.3 is 0 Å². The van der Waals surface area contributed by atoms with Gasteiger partial charge in [0.25, 0.3) is 0 Å². The van der Waals surface area contributed by atoms with Gasteiger partial charge in [0.15, 0.2) is 0 Å². The van der Waals surface area contributed by atoms with E-state index < -0.39 is 0 Å². The lowest BCUT2D eigenvalue weighted by molar-refractivity contribution is 0.683. The summed E-state index contributed by atoms with van der Waals surface area (Å²) in [4.78, 5) is 7.80. The molecule has 0 unspecified atom stereocenters. The Bertz CT molecular complexity index is 384. The van der Waals surface area contributed by atoms with Crippen molar-refractivity contribution in [1.29, 1.82) is 0 Å². The van der Waals surface area contributed by atoms with Crippen molar-refractivity contribution in [3.8, 4) is 0 Å². The molecule has 0 amide bonds. The van der Waals surface area contributed by atoms with Crippen LogP contribution in [0.4, 0.5) is 0 Å². The molecule has 2 aromatic rings. The third-order valence-corrected chi connectivity index (χ3v) is 1.75. The molecule has 2 aromatic heterocycles. The van der Waals surface area contributed by atoms with E-state index >= 15 is 0 Å². The van der Waals surface area contributed by atoms with Crippen LogP contribution in [-0.2, 0) is 6.54 Å². The maximum Gasteiger partial charge on any atom is 0.242 e. The molecule has 0 aliphatic heterocycles. The number of nitrogens with zero attached hydrogens (tertiary/aromatic N) is 4. The second-order valence-corrected chi connectivity index (χ2v) is 2.91. The van der Waals surface area contributed by atoms with Crippen molar-refractivity contribution in [2.45, 2.75) is 6.54 Å². The van der Waals surface area contributed by atoms with Crippen LogP contribution in [0.3, 0.4) is 0 Å². The van der Waals surface area contributed by atoms with Crippen molar-refractivity contribution in [1.82, 2.24) is 19.7 Å². The van der Waals surface area contributed by atoms with E-state index in [0.29, 0.717) is 6.54 Å². The lowest BCUT2D eigenvalue weighted by Crippen LogP contribution is -1.99. The molecule has 0 aromatic carbocycles. The van der Waals surface area contributed by atoms with Gasteiger partial charge in [-0.25, -0.2) is 9.67 Å². The Morgan fingerprint density at radius 1 is 1.46 bits per heavy atom. The third kappa shape index (κ3) is 2.03. The monoisotopic (exact) mass is 194 g/mol. The second kappa shape index (κ2) is 3.53. The van der Waals surface area contributed by atoms with Gasteiger partial charge in [0.1, 0.15) is 6.33 Å². The van der Waals surface area contributed by atoms with E-state index in [-0.39, 0.29) is 5.28 Å². The van der Waals surface area contributed by atoms with E-state index in [2.05, 4.69) is 15.1 Å². The van der Waals surface area contributed by atoms with Gasteiger partial charge in [0.05, 0.1) is 6.54 Å². The van der Waals surface area contributed by atoms with Crippen molar-refractivity contribution in [3.63, 3.8) is 0 Å². The molecule has 2 rings (SSSR count). The van der Waals surface area contributed by atoms with Crippen LogP contribution in [0.1, 0.15) is 5.56 Å². The molecule has 66 valence electrons. The van der Waals surface area contributed by atoms with Gasteiger partial charge >= 0.3 is 0 Å². The Labute approximate surface area is 80.2 Å². The first-order chi connectivity index (χ1) is 6.34. The van der Waals surface area contributed by atoms with Gasteiger partial charge in [0.2, 0.25) is 5.28 Å². The predicted molar refractivity (Wildman–Crippen MR) is 48.4 cm³/mol. The zero-order valence-electron chi connectivity index (χ0n) is 6.76. The summed E-state index contributed by atoms with van der Waals surface area (Å²) in [7, 11) is 0. The smallest absolute Gasteiger partial charge is 0.242 e. The third-order valence-electron chi connectivity index (χ3n) is 1.58. The Morgan fingerprint density at radius 3 is 3.00 bits per heavy atom. The van der Waals surface area contributed by atoms with E-state index in [9.17, 15) is 0 Å². The number of pyridine rings is 1. The summed E-state index contributed by atoms with van der Waals surface area (Å²) in [5, 5.41) is 4.22. The molecule has 0 bridgehead atoms. The van der Waals surface area contributed by atoms with Gasteiger partial charge in [-0.15, -0.1) is 5.10 Å². The highest BCUT2D eigenvalue weighted by Gasteiger charge is 1.97. The van der Waals surface area contributed by atoms with Crippen LogP contribution < -0.4 is 0 Å². The molecular formula is C8H7ClN4. The van der Waals surface area contributed by atoms with Gasteiger partial charge in [-0.1, -0.05) is 6.07 Å². The summed E-state index contributed by atoms with van der Waals surface area (Å²) >= 11 is 5.57. The summed E-state index contributed by atoms with van der Waals surface area (Å²) in [5.74, 6) is 0. The fourth-order valence-corrected chi connectivity index (χ4v) is 1.17. The minimum Gasteiger partial charge on any atom is -0.264 e. The zero-order valence-corrected chi connectivity index (χ0v) is 7.52. The van der Waals surface area contributed by atoms with Crippen molar-refractivity contribution < 1.29 is 0 Å². The number of halogens is 1. The van der Waals surface area contributed by atoms with E-state index in [1.807, 2.05) is 12.1 Å². The van der Waals surface area contributed by atoms with Gasteiger partial charge in [-0.2, -0.15) is 0 Å². The van der Waals surface area contributed by atoms with E-state index in [1.54, 1.807) is 23.4 Å². The number of hydrogen-bond acceptors (Lipinski definition) is 3. The Morgan fingerprint density at radius 2 is 2.38 bits per heavy atom. The first kappa shape index (κ1) is 8.19. The molecule has 0 atom stereocenters. The van der Waals surface area contributed by atoms with Crippen molar-refractivity contribution in [3.05, 3.63) is 41.7 Å². The fourth-order valence-electron chi connectivity index (χ4n) is 1.03. The van der Waals surface area contributed by atoms with Crippen LogP contribution in [0.15, 0.2) is 30.9 Å². The number of rotatable bonds is 2. The van der Waals surface area contributed by atoms with E-state index in [4.69, 9.17) is 11.6 Å². The standard InChI is InChI=1S/C8H7ClN4/c9-8-11-6-13(12-8)5-7-2-1-3-10-4-7/h1-4,6H,5H2. The van der Waals surface area contributed by atoms with Gasteiger partial charge in [0, 0.05) is 12.4 Å². The quantitative estimate of drug-likeness (QED) is 0.726. The highest BCUT2D eigenvalue weighted by molar-refractivity contribution is 6.28. The topological polar surface area (TPSA) is 43.6 Å². The van der Waals surface area contributed by atoms with Crippen molar-refractivity contribution in [2.24, 2.45) is 0 Å². The highest BCUT2D eigenvalue weighted by Crippen LogP contribution is 2.01. The minimum atomic E-state index is 0.267. The van der Waals surface area contributed by atoms with E-state index in [1.165, 1.54) is 0 Å². The molecular weight excluding hydrogens is 188 g/mol. The maximum absolute atomic E-state index is 5.57. The molecule has 13 heavy (non-hydrogen) atoms. The zero-order chi connectivity index (χ0) is 9.10. The van der Waals surface area contributed by atoms with Crippen LogP contribution in [0.5, 0.6) is 0 Å². The Balaban J connectivity index is 2.15. The van der Waals surface area contributed by atoms with Crippen molar-refractivity contribution in [2.75, 3.05) is 0 Å². The molecule has 5 heteroatoms. The predicted octanol–water partition coefficient (Wildman–Crippen LogP) is 1.37. The van der Waals surface area contributed by atoms with Crippen LogP contribution in [0.2, 0.25) is 5.28 Å². The SMILES string of the molecule is Clc1ncn(Cc2cccnc2)n1. The molecule has 2 heterocycles. The average molecular weight is 195 g/mol. The Kier molecular flexibility index (Phi) is 2.23. The minimum absolute atomic E-state index is 0.267. The molecule has 0 fully saturated rings. The highest BCUT2D eigenvalue weighted by atomic mass is 35.5. The largest absolute Gasteiger partial charge is 0.264 e. The molecule has 0 aliphatic carbocycles. The van der Waals surface area contributed by atoms with Crippen molar-refractivity contribution >= 4 is 11.6 Å². The molecule has 0 spiro atoms. The van der Waals surface area contributed by atoms with Crippen LogP contribution in [-0.4, -0.2) is 19.7 Å². The molecule has 4 nitrogen and oxygen atoms in total. The maximum atomic E-state index is 5.57. The first-order valence-electron chi connectivity index (χ1n) is 3.78. The summed E-state index contributed by atoms with van der Waals surface area (Å²) in [5.41, 5.74) is 1.07. The van der Waals surface area contributed by atoms with Crippen LogP contribution in [0, 0.1) is 0 Å². The van der Waals surface area contributed by atoms with Crippen LogP contribution in [0.25, 0.3) is 0 Å². The Hall–Kier alpha value is -1.42. The number of hydrogen-bond donors (Lipinski definition) is 0. The lowest BCUT2D eigenvalue weighted by Gasteiger charge is -1.98. The second-order valence-electron chi connectivity index (χ2n) is 2.57. The molecule has 0 aliphatic rings. The normalized spacial score (nSPS) is 10.2. The van der Waals surface area contributed by atoms with Crippen LogP contribution >= 0.6 is 11.6 Å².